The minimum Gasteiger partial charge on any atom is -0.497 e. The minimum absolute atomic E-state index is 0.0135. The van der Waals surface area contributed by atoms with Crippen LogP contribution in [-0.2, 0) is 19.6 Å². The number of benzene rings is 2. The molecule has 2 aromatic rings. The van der Waals surface area contributed by atoms with Crippen LogP contribution in [0.25, 0.3) is 0 Å². The quantitative estimate of drug-likeness (QED) is 0.508. The summed E-state index contributed by atoms with van der Waals surface area (Å²) in [6.45, 7) is 4.43. The maximum Gasteiger partial charge on any atom is 0.264 e. The van der Waals surface area contributed by atoms with Crippen LogP contribution in [0.1, 0.15) is 30.1 Å². The van der Waals surface area contributed by atoms with Crippen molar-refractivity contribution in [3.63, 3.8) is 0 Å². The molecule has 220 valence electrons. The summed E-state index contributed by atoms with van der Waals surface area (Å²) in [7, 11) is -2.57. The standard InChI is InChI=1S/C29H35ClN4O6S/c1-28-12-15-33(19-28)27(36)29(11-13-31-18-29)20-40-16-4-3-14-34(21-5-7-22(39-2)8-6-21)41(37,38)23-9-10-25(30)24(17-23)26(35)32-28/h3-10,17,31H,11-16,18-20H2,1-2H3,(H,32,35)/b4-3+. The molecule has 12 heteroatoms. The highest BCUT2D eigenvalue weighted by Gasteiger charge is 2.48. The van der Waals surface area contributed by atoms with Gasteiger partial charge in [0.15, 0.2) is 0 Å². The van der Waals surface area contributed by atoms with E-state index in [0.29, 0.717) is 43.9 Å². The number of sulfonamides is 1. The molecule has 3 aliphatic heterocycles. The van der Waals surface area contributed by atoms with Crippen molar-refractivity contribution in [2.24, 2.45) is 5.41 Å². The van der Waals surface area contributed by atoms with Gasteiger partial charge in [-0.2, -0.15) is 0 Å². The number of hydrogen-bond donors (Lipinski definition) is 2. The third kappa shape index (κ3) is 5.94. The summed E-state index contributed by atoms with van der Waals surface area (Å²) in [4.78, 5) is 28.9. The fourth-order valence-corrected chi connectivity index (χ4v) is 7.29. The normalized spacial score (nSPS) is 27.8. The van der Waals surface area contributed by atoms with E-state index in [0.717, 1.165) is 6.54 Å². The molecule has 4 bridgehead atoms. The summed E-state index contributed by atoms with van der Waals surface area (Å²) in [5.41, 5.74) is -0.922. The first-order valence-electron chi connectivity index (χ1n) is 13.6. The van der Waals surface area contributed by atoms with Gasteiger partial charge in [0.1, 0.15) is 5.75 Å². The molecule has 0 aliphatic carbocycles. The fraction of sp³-hybridized carbons (Fsp3) is 0.448. The summed E-state index contributed by atoms with van der Waals surface area (Å²) >= 11 is 6.42. The second-order valence-corrected chi connectivity index (χ2v) is 13.3. The maximum absolute atomic E-state index is 14.0. The lowest BCUT2D eigenvalue weighted by Crippen LogP contribution is -2.52. The van der Waals surface area contributed by atoms with Crippen molar-refractivity contribution in [1.29, 1.82) is 0 Å². The molecule has 2 fully saturated rings. The van der Waals surface area contributed by atoms with E-state index in [1.807, 2.05) is 6.92 Å². The molecule has 1 spiro atoms. The van der Waals surface area contributed by atoms with Gasteiger partial charge in [-0.25, -0.2) is 8.42 Å². The van der Waals surface area contributed by atoms with Crippen LogP contribution in [0.15, 0.2) is 59.5 Å². The number of nitrogens with zero attached hydrogens (tertiary/aromatic N) is 2. The van der Waals surface area contributed by atoms with Gasteiger partial charge >= 0.3 is 0 Å². The second-order valence-electron chi connectivity index (χ2n) is 11.1. The van der Waals surface area contributed by atoms with Crippen LogP contribution in [0.3, 0.4) is 0 Å². The first-order chi connectivity index (χ1) is 19.6. The smallest absolute Gasteiger partial charge is 0.264 e. The van der Waals surface area contributed by atoms with Gasteiger partial charge in [0.2, 0.25) is 5.91 Å². The zero-order valence-electron chi connectivity index (χ0n) is 23.2. The molecule has 5 rings (SSSR count). The number of ether oxygens (including phenoxy) is 2. The summed E-state index contributed by atoms with van der Waals surface area (Å²) < 4.78 is 40.4. The minimum atomic E-state index is -4.10. The summed E-state index contributed by atoms with van der Waals surface area (Å²) in [5.74, 6) is 0.106. The molecular formula is C29H35ClN4O6S. The van der Waals surface area contributed by atoms with Crippen molar-refractivity contribution in [3.8, 4) is 5.75 Å². The molecule has 10 nitrogen and oxygen atoms in total. The van der Waals surface area contributed by atoms with Crippen LogP contribution in [0.5, 0.6) is 5.75 Å². The van der Waals surface area contributed by atoms with E-state index in [4.69, 9.17) is 21.1 Å². The molecule has 2 atom stereocenters. The predicted molar refractivity (Wildman–Crippen MR) is 156 cm³/mol. The molecule has 0 radical (unpaired) electrons. The Kier molecular flexibility index (Phi) is 8.34. The van der Waals surface area contributed by atoms with Crippen LogP contribution in [0, 0.1) is 5.41 Å². The average molecular weight is 603 g/mol. The van der Waals surface area contributed by atoms with Crippen LogP contribution in [0.2, 0.25) is 5.02 Å². The number of anilines is 1. The Labute approximate surface area is 245 Å². The highest BCUT2D eigenvalue weighted by atomic mass is 35.5. The van der Waals surface area contributed by atoms with Gasteiger partial charge < -0.3 is 25.0 Å². The third-order valence-electron chi connectivity index (χ3n) is 8.03. The van der Waals surface area contributed by atoms with Gasteiger partial charge in [0.05, 0.1) is 59.0 Å². The number of halogens is 1. The van der Waals surface area contributed by atoms with E-state index in [1.165, 1.54) is 29.6 Å². The zero-order valence-corrected chi connectivity index (χ0v) is 24.8. The summed E-state index contributed by atoms with van der Waals surface area (Å²) in [5, 5.41) is 6.45. The molecule has 2 unspecified atom stereocenters. The van der Waals surface area contributed by atoms with Crippen LogP contribution < -0.4 is 19.7 Å². The number of rotatable bonds is 2. The third-order valence-corrected chi connectivity index (χ3v) is 10.2. The van der Waals surface area contributed by atoms with E-state index >= 15 is 0 Å². The Balaban J connectivity index is 1.53. The van der Waals surface area contributed by atoms with Crippen molar-refractivity contribution >= 4 is 39.1 Å². The number of nitrogens with one attached hydrogen (secondary N) is 2. The zero-order chi connectivity index (χ0) is 29.3. The highest BCUT2D eigenvalue weighted by molar-refractivity contribution is 7.92. The lowest BCUT2D eigenvalue weighted by atomic mass is 9.86. The monoisotopic (exact) mass is 602 g/mol. The topological polar surface area (TPSA) is 117 Å². The summed E-state index contributed by atoms with van der Waals surface area (Å²) in [6.07, 6.45) is 4.67. The number of amides is 2. The number of methoxy groups -OCH3 is 1. The van der Waals surface area contributed by atoms with Crippen molar-refractivity contribution in [2.45, 2.75) is 30.2 Å². The molecule has 2 amide bonds. The highest BCUT2D eigenvalue weighted by Crippen LogP contribution is 2.33. The van der Waals surface area contributed by atoms with E-state index in [2.05, 4.69) is 10.6 Å². The summed E-state index contributed by atoms with van der Waals surface area (Å²) in [6, 6.07) is 10.8. The van der Waals surface area contributed by atoms with Crippen LogP contribution in [0.4, 0.5) is 5.69 Å². The van der Waals surface area contributed by atoms with E-state index in [-0.39, 0.29) is 41.1 Å². The Morgan fingerprint density at radius 2 is 1.85 bits per heavy atom. The van der Waals surface area contributed by atoms with Gasteiger partial charge in [0.25, 0.3) is 15.9 Å². The van der Waals surface area contributed by atoms with Gasteiger partial charge in [-0.05, 0) is 68.8 Å². The molecule has 0 saturated carbocycles. The van der Waals surface area contributed by atoms with Crippen molar-refractivity contribution in [2.75, 3.05) is 57.4 Å². The lowest BCUT2D eigenvalue weighted by molar-refractivity contribution is -0.143. The van der Waals surface area contributed by atoms with Crippen molar-refractivity contribution in [1.82, 2.24) is 15.5 Å². The predicted octanol–water partition coefficient (Wildman–Crippen LogP) is 2.83. The Bertz CT molecular complexity index is 1440. The number of carbonyl (C=O) groups is 2. The number of fused-ring (bicyclic) bond motifs is 4. The fourth-order valence-electron chi connectivity index (χ4n) is 5.64. The molecule has 2 N–H and O–H groups in total. The van der Waals surface area contributed by atoms with Crippen molar-refractivity contribution in [3.05, 3.63) is 65.2 Å². The van der Waals surface area contributed by atoms with Crippen LogP contribution >= 0.6 is 11.6 Å². The van der Waals surface area contributed by atoms with Gasteiger partial charge in [-0.3, -0.25) is 13.9 Å². The Morgan fingerprint density at radius 1 is 1.07 bits per heavy atom. The SMILES string of the molecule is COc1ccc(N2C/C=C/COCC3(CCNC3)C(=O)N3CCC(C)(C3)NC(=O)c3cc(ccc3Cl)S2(=O)=O)cc1. The molecule has 2 aromatic carbocycles. The van der Waals surface area contributed by atoms with Gasteiger partial charge in [-0.15, -0.1) is 0 Å². The molecule has 0 aromatic heterocycles. The molecule has 2 saturated heterocycles. The Morgan fingerprint density at radius 3 is 2.56 bits per heavy atom. The van der Waals surface area contributed by atoms with Gasteiger partial charge in [-0.1, -0.05) is 23.8 Å². The first kappa shape index (κ1) is 29.4. The van der Waals surface area contributed by atoms with E-state index < -0.39 is 26.9 Å². The van der Waals surface area contributed by atoms with Crippen LogP contribution in [-0.4, -0.2) is 83.7 Å². The van der Waals surface area contributed by atoms with E-state index in [9.17, 15) is 18.0 Å². The van der Waals surface area contributed by atoms with E-state index in [1.54, 1.807) is 41.3 Å². The maximum atomic E-state index is 14.0. The van der Waals surface area contributed by atoms with Gasteiger partial charge in [0, 0.05) is 19.6 Å². The Hall–Kier alpha value is -3.12. The molecule has 3 aliphatic rings. The number of carbonyl (C=O) groups excluding carboxylic acids is 2. The molecule has 41 heavy (non-hydrogen) atoms. The number of hydrogen-bond acceptors (Lipinski definition) is 7. The largest absolute Gasteiger partial charge is 0.497 e. The first-order valence-corrected chi connectivity index (χ1v) is 15.4. The second kappa shape index (κ2) is 11.6. The molecular weight excluding hydrogens is 568 g/mol. The van der Waals surface area contributed by atoms with Crippen molar-refractivity contribution < 1.29 is 27.5 Å². The molecule has 3 heterocycles. The lowest BCUT2D eigenvalue weighted by Gasteiger charge is -2.33. The average Bonchev–Trinajstić information content (AvgIpc) is 3.59.